The highest BCUT2D eigenvalue weighted by atomic mass is 32.2. The molecule has 0 bridgehead atoms. The normalized spacial score (nSPS) is 20.3. The third kappa shape index (κ3) is 4.58. The van der Waals surface area contributed by atoms with Crippen molar-refractivity contribution in [1.29, 1.82) is 0 Å². The Kier molecular flexibility index (Phi) is 6.15. The molecule has 0 aromatic heterocycles. The zero-order chi connectivity index (χ0) is 23.7. The first-order valence-electron chi connectivity index (χ1n) is 11.6. The second kappa shape index (κ2) is 9.24. The summed E-state index contributed by atoms with van der Waals surface area (Å²) in [5.74, 6) is 0.648. The highest BCUT2D eigenvalue weighted by Crippen LogP contribution is 2.38. The lowest BCUT2D eigenvalue weighted by atomic mass is 10.2. The van der Waals surface area contributed by atoms with Crippen LogP contribution in [0.1, 0.15) is 34.3 Å². The molecule has 34 heavy (non-hydrogen) atoms. The number of fused-ring (bicyclic) bond motifs is 1. The van der Waals surface area contributed by atoms with Crippen molar-refractivity contribution < 1.29 is 17.9 Å². The van der Waals surface area contributed by atoms with Gasteiger partial charge in [0.2, 0.25) is 10.0 Å². The number of sulfonamides is 1. The molecule has 0 N–H and O–H groups in total. The molecular weight excluding hydrogens is 448 g/mol. The lowest BCUT2D eigenvalue weighted by molar-refractivity contribution is 0.0857. The molecule has 3 aromatic rings. The van der Waals surface area contributed by atoms with Gasteiger partial charge in [0.05, 0.1) is 17.0 Å². The van der Waals surface area contributed by atoms with E-state index in [1.165, 1.54) is 4.31 Å². The zero-order valence-corrected chi connectivity index (χ0v) is 19.9. The summed E-state index contributed by atoms with van der Waals surface area (Å²) in [7, 11) is -3.58. The number of benzene rings is 3. The molecule has 2 aliphatic rings. The van der Waals surface area contributed by atoms with Crippen molar-refractivity contribution >= 4 is 15.9 Å². The van der Waals surface area contributed by atoms with Crippen LogP contribution in [0.25, 0.3) is 0 Å². The minimum atomic E-state index is -3.58. The molecule has 2 aliphatic heterocycles. The highest BCUT2D eigenvalue weighted by molar-refractivity contribution is 7.89. The van der Waals surface area contributed by atoms with Crippen LogP contribution in [-0.4, -0.2) is 48.7 Å². The van der Waals surface area contributed by atoms with Crippen molar-refractivity contribution in [2.45, 2.75) is 43.4 Å². The molecular formula is C27H28N2O4S. The zero-order valence-electron chi connectivity index (χ0n) is 19.1. The van der Waals surface area contributed by atoms with Gasteiger partial charge in [-0.15, -0.1) is 0 Å². The molecule has 0 saturated carbocycles. The van der Waals surface area contributed by atoms with E-state index < -0.39 is 10.0 Å². The highest BCUT2D eigenvalue weighted by Gasteiger charge is 2.53. The Labute approximate surface area is 200 Å². The van der Waals surface area contributed by atoms with Crippen molar-refractivity contribution in [3.63, 3.8) is 0 Å². The summed E-state index contributed by atoms with van der Waals surface area (Å²) in [5.41, 5.74) is 2.69. The smallest absolute Gasteiger partial charge is 0.254 e. The lowest BCUT2D eigenvalue weighted by Gasteiger charge is -2.21. The first-order chi connectivity index (χ1) is 16.4. The summed E-state index contributed by atoms with van der Waals surface area (Å²) in [6.07, 6.45) is 1.55. The van der Waals surface area contributed by atoms with Crippen LogP contribution in [0, 0.1) is 6.92 Å². The van der Waals surface area contributed by atoms with Crippen LogP contribution in [0.4, 0.5) is 0 Å². The molecule has 1 amide bonds. The van der Waals surface area contributed by atoms with Gasteiger partial charge in [0.15, 0.2) is 0 Å². The second-order valence-electron chi connectivity index (χ2n) is 8.96. The standard InChI is InChI=1S/C27H28N2O4S/c1-20-9-15-24(16-10-20)34(31,32)28-17-5-8-25-26(18-28)29(25)27(30)22-11-13-23(14-12-22)33-19-21-6-3-2-4-7-21/h2-4,6-7,9-16,25-26H,5,8,17-19H2,1H3/t25-,26+,29?/m0/s1. The monoisotopic (exact) mass is 476 g/mol. The van der Waals surface area contributed by atoms with Crippen LogP contribution in [0.3, 0.4) is 0 Å². The molecule has 2 heterocycles. The lowest BCUT2D eigenvalue weighted by Crippen LogP contribution is -2.36. The Balaban J connectivity index is 1.23. The topological polar surface area (TPSA) is 66.7 Å². The summed E-state index contributed by atoms with van der Waals surface area (Å²) in [6, 6.07) is 24.1. The van der Waals surface area contributed by atoms with E-state index in [1.54, 1.807) is 24.3 Å². The molecule has 3 aromatic carbocycles. The third-order valence-electron chi connectivity index (χ3n) is 6.61. The molecule has 0 aliphatic carbocycles. The van der Waals surface area contributed by atoms with Crippen LogP contribution >= 0.6 is 0 Å². The summed E-state index contributed by atoms with van der Waals surface area (Å²) in [6.45, 7) is 3.22. The Morgan fingerprint density at radius 1 is 0.941 bits per heavy atom. The van der Waals surface area contributed by atoms with E-state index in [-0.39, 0.29) is 18.0 Å². The maximum atomic E-state index is 13.2. The molecule has 2 atom stereocenters. The first-order valence-corrected chi connectivity index (χ1v) is 13.0. The molecule has 2 fully saturated rings. The largest absolute Gasteiger partial charge is 0.489 e. The minimum Gasteiger partial charge on any atom is -0.489 e. The number of hydrogen-bond acceptors (Lipinski definition) is 4. The molecule has 2 saturated heterocycles. The first kappa shape index (κ1) is 22.6. The van der Waals surface area contributed by atoms with Crippen LogP contribution in [-0.2, 0) is 16.6 Å². The number of ether oxygens (including phenoxy) is 1. The number of hydrogen-bond donors (Lipinski definition) is 0. The maximum absolute atomic E-state index is 13.2. The predicted molar refractivity (Wildman–Crippen MR) is 130 cm³/mol. The molecule has 5 rings (SSSR count). The van der Waals surface area contributed by atoms with Crippen molar-refractivity contribution in [1.82, 2.24) is 9.21 Å². The van der Waals surface area contributed by atoms with Gasteiger partial charge in [-0.25, -0.2) is 8.42 Å². The van der Waals surface area contributed by atoms with Gasteiger partial charge < -0.3 is 9.64 Å². The van der Waals surface area contributed by atoms with Gasteiger partial charge in [-0.2, -0.15) is 4.31 Å². The Morgan fingerprint density at radius 3 is 2.35 bits per heavy atom. The van der Waals surface area contributed by atoms with Gasteiger partial charge in [0.1, 0.15) is 12.4 Å². The Hall–Kier alpha value is -3.16. The molecule has 7 heteroatoms. The molecule has 0 radical (unpaired) electrons. The van der Waals surface area contributed by atoms with E-state index in [1.807, 2.05) is 66.4 Å². The van der Waals surface area contributed by atoms with E-state index in [0.717, 1.165) is 24.0 Å². The van der Waals surface area contributed by atoms with Crippen LogP contribution in [0.5, 0.6) is 5.75 Å². The fourth-order valence-corrected chi connectivity index (χ4v) is 6.11. The van der Waals surface area contributed by atoms with Gasteiger partial charge in [-0.1, -0.05) is 48.0 Å². The van der Waals surface area contributed by atoms with E-state index in [9.17, 15) is 13.2 Å². The second-order valence-corrected chi connectivity index (χ2v) is 10.9. The number of amides is 1. The van der Waals surface area contributed by atoms with Crippen molar-refractivity contribution in [2.24, 2.45) is 0 Å². The Morgan fingerprint density at radius 2 is 1.65 bits per heavy atom. The van der Waals surface area contributed by atoms with E-state index >= 15 is 0 Å². The average molecular weight is 477 g/mol. The number of nitrogens with zero attached hydrogens (tertiary/aromatic N) is 2. The van der Waals surface area contributed by atoms with Crippen LogP contribution < -0.4 is 4.74 Å². The maximum Gasteiger partial charge on any atom is 0.254 e. The summed E-state index contributed by atoms with van der Waals surface area (Å²) in [5, 5.41) is 0. The SMILES string of the molecule is Cc1ccc(S(=O)(=O)N2CCC[C@H]3[C@@H](C2)N3C(=O)c2ccc(OCc3ccccc3)cc2)cc1. The third-order valence-corrected chi connectivity index (χ3v) is 8.49. The summed E-state index contributed by atoms with van der Waals surface area (Å²) < 4.78 is 33.7. The number of carbonyl (C=O) groups excluding carboxylic acids is 1. The van der Waals surface area contributed by atoms with Gasteiger partial charge in [0.25, 0.3) is 5.91 Å². The fraction of sp³-hybridized carbons (Fsp3) is 0.296. The average Bonchev–Trinajstić information content (AvgIpc) is 3.58. The van der Waals surface area contributed by atoms with E-state index in [4.69, 9.17) is 4.74 Å². The van der Waals surface area contributed by atoms with E-state index in [0.29, 0.717) is 35.9 Å². The summed E-state index contributed by atoms with van der Waals surface area (Å²) in [4.78, 5) is 15.3. The van der Waals surface area contributed by atoms with Crippen LogP contribution in [0.2, 0.25) is 0 Å². The van der Waals surface area contributed by atoms with E-state index in [2.05, 4.69) is 0 Å². The number of rotatable bonds is 6. The molecule has 0 spiro atoms. The van der Waals surface area contributed by atoms with Gasteiger partial charge >= 0.3 is 0 Å². The van der Waals surface area contributed by atoms with Gasteiger partial charge in [-0.05, 0) is 61.7 Å². The number of carbonyl (C=O) groups is 1. The molecule has 6 nitrogen and oxygen atoms in total. The number of aryl methyl sites for hydroxylation is 1. The molecule has 0 unspecified atom stereocenters. The molecule has 176 valence electrons. The van der Waals surface area contributed by atoms with Gasteiger partial charge in [-0.3, -0.25) is 4.79 Å². The van der Waals surface area contributed by atoms with Crippen molar-refractivity contribution in [3.05, 3.63) is 95.6 Å². The quantitative estimate of drug-likeness (QED) is 0.499. The fourth-order valence-electron chi connectivity index (χ4n) is 4.62. The minimum absolute atomic E-state index is 0.0563. The Bertz CT molecular complexity index is 1260. The summed E-state index contributed by atoms with van der Waals surface area (Å²) >= 11 is 0. The van der Waals surface area contributed by atoms with Gasteiger partial charge in [0, 0.05) is 18.7 Å². The van der Waals surface area contributed by atoms with Crippen molar-refractivity contribution in [2.75, 3.05) is 13.1 Å². The predicted octanol–water partition coefficient (Wildman–Crippen LogP) is 4.25. The van der Waals surface area contributed by atoms with Crippen LogP contribution in [0.15, 0.2) is 83.8 Å². The van der Waals surface area contributed by atoms with Crippen molar-refractivity contribution in [3.8, 4) is 5.75 Å².